The lowest BCUT2D eigenvalue weighted by molar-refractivity contribution is 0.105. The summed E-state index contributed by atoms with van der Waals surface area (Å²) in [6.45, 7) is 4.98. The van der Waals surface area contributed by atoms with E-state index in [0.29, 0.717) is 24.9 Å². The van der Waals surface area contributed by atoms with E-state index >= 15 is 0 Å². The molecule has 0 saturated carbocycles. The van der Waals surface area contributed by atoms with Crippen LogP contribution in [0.1, 0.15) is 6.92 Å². The number of benzene rings is 1. The standard InChI is InChI=1S/C22H25N7O2S/c1-2-31-22(30)28-10-8-27(9-11-28)18-6-7-29-19(14-25-20(29)13-18)16-4-3-5-17(12-16)26-21(24)32-15-23/h3-7,12-15,23H,2,8-11H2,1H3,(H2,24,26). The van der Waals surface area contributed by atoms with Crippen LogP contribution in [0.4, 0.5) is 16.2 Å². The second kappa shape index (κ2) is 9.73. The highest BCUT2D eigenvalue weighted by Crippen LogP contribution is 2.27. The molecular formula is C22H25N7O2S. The van der Waals surface area contributed by atoms with Crippen molar-refractivity contribution in [2.45, 2.75) is 6.92 Å². The summed E-state index contributed by atoms with van der Waals surface area (Å²) in [7, 11) is 0. The number of rotatable bonds is 5. The van der Waals surface area contributed by atoms with Gasteiger partial charge in [-0.1, -0.05) is 12.1 Å². The average Bonchev–Trinajstić information content (AvgIpc) is 3.23. The first-order valence-electron chi connectivity index (χ1n) is 10.3. The lowest BCUT2D eigenvalue weighted by Crippen LogP contribution is -2.49. The Morgan fingerprint density at radius 1 is 1.28 bits per heavy atom. The van der Waals surface area contributed by atoms with Gasteiger partial charge < -0.3 is 25.7 Å². The Labute approximate surface area is 190 Å². The zero-order chi connectivity index (χ0) is 22.5. The molecule has 0 aliphatic carbocycles. The predicted octanol–water partition coefficient (Wildman–Crippen LogP) is 3.57. The van der Waals surface area contributed by atoms with Crippen molar-refractivity contribution < 1.29 is 9.53 Å². The maximum atomic E-state index is 11.9. The number of aliphatic imine (C=N–C) groups is 1. The quantitative estimate of drug-likeness (QED) is 0.453. The molecular weight excluding hydrogens is 426 g/mol. The third-order valence-corrected chi connectivity index (χ3v) is 5.68. The highest BCUT2D eigenvalue weighted by molar-refractivity contribution is 8.24. The summed E-state index contributed by atoms with van der Waals surface area (Å²) in [4.78, 5) is 24.8. The van der Waals surface area contributed by atoms with Gasteiger partial charge in [0, 0.05) is 49.7 Å². The molecule has 4 rings (SSSR count). The number of anilines is 1. The van der Waals surface area contributed by atoms with Crippen molar-refractivity contribution in [1.29, 1.82) is 5.41 Å². The molecule has 2 aromatic heterocycles. The largest absolute Gasteiger partial charge is 0.450 e. The number of nitrogens with one attached hydrogen (secondary N) is 1. The van der Waals surface area contributed by atoms with Gasteiger partial charge in [-0.25, -0.2) is 14.8 Å². The van der Waals surface area contributed by atoms with E-state index < -0.39 is 0 Å². The zero-order valence-corrected chi connectivity index (χ0v) is 18.6. The number of aromatic nitrogens is 2. The number of piperazine rings is 1. The maximum Gasteiger partial charge on any atom is 0.409 e. The van der Waals surface area contributed by atoms with Crippen molar-refractivity contribution in [3.8, 4) is 11.3 Å². The van der Waals surface area contributed by atoms with Crippen molar-refractivity contribution in [3.63, 3.8) is 0 Å². The molecule has 3 heterocycles. The third-order valence-electron chi connectivity index (χ3n) is 5.23. The van der Waals surface area contributed by atoms with E-state index in [2.05, 4.69) is 27.0 Å². The van der Waals surface area contributed by atoms with Gasteiger partial charge in [-0.2, -0.15) is 0 Å². The van der Waals surface area contributed by atoms with Gasteiger partial charge in [0.15, 0.2) is 5.17 Å². The van der Waals surface area contributed by atoms with Crippen LogP contribution >= 0.6 is 11.8 Å². The molecule has 0 atom stereocenters. The Balaban J connectivity index is 1.52. The van der Waals surface area contributed by atoms with Gasteiger partial charge in [0.05, 0.1) is 29.7 Å². The number of hydrogen-bond acceptors (Lipinski definition) is 7. The summed E-state index contributed by atoms with van der Waals surface area (Å²) in [5.41, 5.74) is 11.5. The fourth-order valence-corrected chi connectivity index (χ4v) is 3.97. The molecule has 0 radical (unpaired) electrons. The molecule has 0 unspecified atom stereocenters. The molecule has 1 aromatic carbocycles. The zero-order valence-electron chi connectivity index (χ0n) is 17.8. The molecule has 3 N–H and O–H groups in total. The molecule has 1 aliphatic heterocycles. The molecule has 10 heteroatoms. The number of pyridine rings is 1. The second-order valence-electron chi connectivity index (χ2n) is 7.17. The van der Waals surface area contributed by atoms with Gasteiger partial charge in [-0.05, 0) is 36.9 Å². The summed E-state index contributed by atoms with van der Waals surface area (Å²) in [5, 5.41) is 7.44. The van der Waals surface area contributed by atoms with E-state index in [1.807, 2.05) is 48.0 Å². The van der Waals surface area contributed by atoms with E-state index in [1.54, 1.807) is 4.90 Å². The first-order valence-corrected chi connectivity index (χ1v) is 11.2. The molecule has 1 saturated heterocycles. The van der Waals surface area contributed by atoms with Crippen LogP contribution in [0.3, 0.4) is 0 Å². The normalized spacial score (nSPS) is 14.6. The molecule has 9 nitrogen and oxygen atoms in total. The summed E-state index contributed by atoms with van der Waals surface area (Å²) >= 11 is 1.07. The number of imidazole rings is 1. The lowest BCUT2D eigenvalue weighted by Gasteiger charge is -2.35. The molecule has 166 valence electrons. The molecule has 0 bridgehead atoms. The number of amides is 1. The number of nitrogens with zero attached hydrogens (tertiary/aromatic N) is 5. The number of hydrogen-bond donors (Lipinski definition) is 2. The number of carbonyl (C=O) groups excluding carboxylic acids is 1. The Kier molecular flexibility index (Phi) is 6.60. The fourth-order valence-electron chi connectivity index (χ4n) is 3.69. The fraction of sp³-hybridized carbons (Fsp3) is 0.273. The molecule has 1 fully saturated rings. The summed E-state index contributed by atoms with van der Waals surface area (Å²) in [6, 6.07) is 11.9. The van der Waals surface area contributed by atoms with Crippen LogP contribution in [-0.4, -0.2) is 63.9 Å². The molecule has 1 aliphatic rings. The minimum atomic E-state index is -0.245. The van der Waals surface area contributed by atoms with Crippen molar-refractivity contribution in [3.05, 3.63) is 48.8 Å². The van der Waals surface area contributed by atoms with Gasteiger partial charge in [0.2, 0.25) is 0 Å². The predicted molar refractivity (Wildman–Crippen MR) is 129 cm³/mol. The number of thioether (sulfide) groups is 1. The van der Waals surface area contributed by atoms with Crippen molar-refractivity contribution in [2.75, 3.05) is 37.7 Å². The number of carbonyl (C=O) groups is 1. The minimum absolute atomic E-state index is 0.245. The molecule has 0 spiro atoms. The Bertz CT molecular complexity index is 1150. The maximum absolute atomic E-state index is 11.9. The van der Waals surface area contributed by atoms with Gasteiger partial charge in [0.1, 0.15) is 5.65 Å². The Morgan fingerprint density at radius 3 is 2.84 bits per heavy atom. The van der Waals surface area contributed by atoms with Crippen LogP contribution in [0, 0.1) is 5.41 Å². The van der Waals surface area contributed by atoms with Crippen LogP contribution in [-0.2, 0) is 4.74 Å². The van der Waals surface area contributed by atoms with Gasteiger partial charge in [0.25, 0.3) is 0 Å². The third kappa shape index (κ3) is 4.70. The minimum Gasteiger partial charge on any atom is -0.450 e. The number of fused-ring (bicyclic) bond motifs is 1. The van der Waals surface area contributed by atoms with Gasteiger partial charge in [-0.3, -0.25) is 4.40 Å². The monoisotopic (exact) mass is 451 g/mol. The van der Waals surface area contributed by atoms with Crippen molar-refractivity contribution >= 4 is 45.6 Å². The first kappa shape index (κ1) is 21.7. The summed E-state index contributed by atoms with van der Waals surface area (Å²) in [6.07, 6.45) is 3.61. The highest BCUT2D eigenvalue weighted by Gasteiger charge is 2.22. The molecule has 32 heavy (non-hydrogen) atoms. The van der Waals surface area contributed by atoms with Gasteiger partial charge in [-0.15, -0.1) is 0 Å². The number of nitrogens with two attached hydrogens (primary N) is 1. The highest BCUT2D eigenvalue weighted by atomic mass is 32.2. The number of ether oxygens (including phenoxy) is 1. The van der Waals surface area contributed by atoms with E-state index in [9.17, 15) is 4.79 Å². The number of amidine groups is 1. The smallest absolute Gasteiger partial charge is 0.409 e. The molecule has 3 aromatic rings. The lowest BCUT2D eigenvalue weighted by atomic mass is 10.1. The van der Waals surface area contributed by atoms with E-state index in [-0.39, 0.29) is 6.09 Å². The van der Waals surface area contributed by atoms with E-state index in [4.69, 9.17) is 15.9 Å². The van der Waals surface area contributed by atoms with Crippen molar-refractivity contribution in [1.82, 2.24) is 14.3 Å². The second-order valence-corrected chi connectivity index (χ2v) is 8.06. The van der Waals surface area contributed by atoms with Crippen LogP contribution < -0.4 is 10.6 Å². The van der Waals surface area contributed by atoms with Gasteiger partial charge >= 0.3 is 6.09 Å². The van der Waals surface area contributed by atoms with E-state index in [1.165, 1.54) is 0 Å². The van der Waals surface area contributed by atoms with Crippen molar-refractivity contribution in [2.24, 2.45) is 10.7 Å². The summed E-state index contributed by atoms with van der Waals surface area (Å²) in [5.74, 6) is 0. The van der Waals surface area contributed by atoms with Crippen LogP contribution in [0.5, 0.6) is 0 Å². The van der Waals surface area contributed by atoms with Crippen LogP contribution in [0.25, 0.3) is 16.9 Å². The van der Waals surface area contributed by atoms with Crippen LogP contribution in [0.2, 0.25) is 0 Å². The SMILES string of the molecule is CCOC(=O)N1CCN(c2ccn3c(-c4cccc(N=C(N)SC=N)c4)cnc3c2)CC1. The molecule has 1 amide bonds. The van der Waals surface area contributed by atoms with E-state index in [0.717, 1.165) is 58.7 Å². The topological polar surface area (TPSA) is 112 Å². The first-order chi connectivity index (χ1) is 15.6. The Morgan fingerprint density at radius 2 is 2.09 bits per heavy atom. The summed E-state index contributed by atoms with van der Waals surface area (Å²) < 4.78 is 7.13. The average molecular weight is 452 g/mol. The Hall–Kier alpha value is -3.53. The van der Waals surface area contributed by atoms with Crippen LogP contribution in [0.15, 0.2) is 53.8 Å².